The van der Waals surface area contributed by atoms with E-state index in [1.807, 2.05) is 44.2 Å². The van der Waals surface area contributed by atoms with E-state index in [9.17, 15) is 0 Å². The van der Waals surface area contributed by atoms with Gasteiger partial charge >= 0.3 is 0 Å². The predicted molar refractivity (Wildman–Crippen MR) is 87.2 cm³/mol. The molecular formula is C15H19N3OS. The Bertz CT molecular complexity index is 615. The Balaban J connectivity index is 2.28. The number of hydrogen-bond acceptors (Lipinski definition) is 4. The van der Waals surface area contributed by atoms with Crippen LogP contribution in [0, 0.1) is 0 Å². The van der Waals surface area contributed by atoms with E-state index >= 15 is 0 Å². The Morgan fingerprint density at radius 2 is 2.20 bits per heavy atom. The van der Waals surface area contributed by atoms with Gasteiger partial charge in [0.1, 0.15) is 10.8 Å². The average molecular weight is 289 g/mol. The zero-order chi connectivity index (χ0) is 14.5. The first kappa shape index (κ1) is 14.7. The average Bonchev–Trinajstić information content (AvgIpc) is 2.44. The van der Waals surface area contributed by atoms with Crippen molar-refractivity contribution in [1.82, 2.24) is 4.98 Å². The number of fused-ring (bicyclic) bond motifs is 1. The molecule has 1 heterocycles. The fraction of sp³-hybridized carbons (Fsp3) is 0.333. The summed E-state index contributed by atoms with van der Waals surface area (Å²) in [4.78, 5) is 4.95. The van der Waals surface area contributed by atoms with Crippen molar-refractivity contribution in [3.63, 3.8) is 0 Å². The molecule has 0 aliphatic carbocycles. The van der Waals surface area contributed by atoms with Crippen LogP contribution >= 0.6 is 12.2 Å². The number of benzene rings is 1. The number of nitrogens with one attached hydrogen (secondary N) is 1. The summed E-state index contributed by atoms with van der Waals surface area (Å²) in [5, 5.41) is 4.24. The monoisotopic (exact) mass is 289 g/mol. The van der Waals surface area contributed by atoms with Crippen LogP contribution in [0.5, 0.6) is 0 Å². The maximum atomic E-state index is 5.80. The van der Waals surface area contributed by atoms with Gasteiger partial charge in [-0.2, -0.15) is 0 Å². The lowest BCUT2D eigenvalue weighted by atomic mass is 10.1. The van der Waals surface area contributed by atoms with Gasteiger partial charge in [-0.1, -0.05) is 30.4 Å². The third-order valence-electron chi connectivity index (χ3n) is 3.00. The second kappa shape index (κ2) is 6.63. The minimum absolute atomic E-state index is 0.126. The van der Waals surface area contributed by atoms with E-state index in [0.717, 1.165) is 22.3 Å². The zero-order valence-electron chi connectivity index (χ0n) is 11.7. The number of ether oxygens (including phenoxy) is 1. The quantitative estimate of drug-likeness (QED) is 0.801. The normalized spacial score (nSPS) is 12.3. The molecule has 0 amide bonds. The van der Waals surface area contributed by atoms with Gasteiger partial charge in [0.15, 0.2) is 0 Å². The van der Waals surface area contributed by atoms with Crippen LogP contribution in [0.2, 0.25) is 0 Å². The number of nitrogens with zero attached hydrogens (tertiary/aromatic N) is 1. The standard InChI is InChI=1S/C15H19N3OS/c1-3-19-10(2)9-17-14-8-12(15(16)20)11-6-4-5-7-13(11)18-14/h4-8,10H,3,9H2,1-2H3,(H2,16,20)(H,17,18). The molecule has 1 aromatic heterocycles. The van der Waals surface area contributed by atoms with E-state index in [-0.39, 0.29) is 6.10 Å². The first-order valence-electron chi connectivity index (χ1n) is 6.67. The van der Waals surface area contributed by atoms with Crippen molar-refractivity contribution in [2.45, 2.75) is 20.0 Å². The third-order valence-corrected chi connectivity index (χ3v) is 3.22. The van der Waals surface area contributed by atoms with Crippen LogP contribution in [0.3, 0.4) is 0 Å². The van der Waals surface area contributed by atoms with E-state index in [2.05, 4.69) is 10.3 Å². The highest BCUT2D eigenvalue weighted by molar-refractivity contribution is 7.80. The minimum atomic E-state index is 0.126. The van der Waals surface area contributed by atoms with Crippen molar-refractivity contribution >= 4 is 33.9 Å². The minimum Gasteiger partial charge on any atom is -0.389 e. The summed E-state index contributed by atoms with van der Waals surface area (Å²) in [6.45, 7) is 5.39. The molecule has 0 saturated carbocycles. The topological polar surface area (TPSA) is 60.2 Å². The molecule has 3 N–H and O–H groups in total. The van der Waals surface area contributed by atoms with Gasteiger partial charge in [0, 0.05) is 24.1 Å². The summed E-state index contributed by atoms with van der Waals surface area (Å²) in [7, 11) is 0. The maximum Gasteiger partial charge on any atom is 0.127 e. The molecule has 0 aliphatic rings. The lowest BCUT2D eigenvalue weighted by molar-refractivity contribution is 0.0855. The first-order chi connectivity index (χ1) is 9.61. The smallest absolute Gasteiger partial charge is 0.127 e. The van der Waals surface area contributed by atoms with Crippen LogP contribution in [0.4, 0.5) is 5.82 Å². The van der Waals surface area contributed by atoms with Crippen molar-refractivity contribution in [2.24, 2.45) is 5.73 Å². The molecule has 5 heteroatoms. The van der Waals surface area contributed by atoms with Gasteiger partial charge < -0.3 is 15.8 Å². The lowest BCUT2D eigenvalue weighted by Gasteiger charge is -2.14. The molecule has 1 aromatic carbocycles. The van der Waals surface area contributed by atoms with Crippen LogP contribution in [-0.2, 0) is 4.74 Å². The summed E-state index contributed by atoms with van der Waals surface area (Å²) in [5.74, 6) is 0.762. The SMILES string of the molecule is CCOC(C)CNc1cc(C(N)=S)c2ccccc2n1. The van der Waals surface area contributed by atoms with Gasteiger partial charge in [-0.05, 0) is 26.0 Å². The first-order valence-corrected chi connectivity index (χ1v) is 7.07. The highest BCUT2D eigenvalue weighted by atomic mass is 32.1. The molecule has 1 unspecified atom stereocenters. The lowest BCUT2D eigenvalue weighted by Crippen LogP contribution is -2.20. The highest BCUT2D eigenvalue weighted by Crippen LogP contribution is 2.20. The number of para-hydroxylation sites is 1. The molecule has 4 nitrogen and oxygen atoms in total. The van der Waals surface area contributed by atoms with E-state index in [1.54, 1.807) is 0 Å². The van der Waals surface area contributed by atoms with E-state index in [0.29, 0.717) is 18.1 Å². The van der Waals surface area contributed by atoms with E-state index < -0.39 is 0 Å². The van der Waals surface area contributed by atoms with Gasteiger partial charge in [0.25, 0.3) is 0 Å². The molecule has 20 heavy (non-hydrogen) atoms. The van der Waals surface area contributed by atoms with Crippen LogP contribution in [0.15, 0.2) is 30.3 Å². The van der Waals surface area contributed by atoms with Crippen LogP contribution < -0.4 is 11.1 Å². The second-order valence-electron chi connectivity index (χ2n) is 4.58. The Hall–Kier alpha value is -1.72. The van der Waals surface area contributed by atoms with Gasteiger partial charge in [-0.15, -0.1) is 0 Å². The van der Waals surface area contributed by atoms with E-state index in [4.69, 9.17) is 22.7 Å². The third kappa shape index (κ3) is 3.43. The molecule has 2 aromatic rings. The molecule has 0 radical (unpaired) electrons. The number of pyridine rings is 1. The molecular weight excluding hydrogens is 270 g/mol. The number of thiocarbonyl (C=S) groups is 1. The van der Waals surface area contributed by atoms with Gasteiger partial charge in [-0.25, -0.2) is 4.98 Å². The molecule has 1 atom stereocenters. The number of nitrogens with two attached hydrogens (primary N) is 1. The van der Waals surface area contributed by atoms with Crippen LogP contribution in [0.1, 0.15) is 19.4 Å². The summed E-state index contributed by atoms with van der Waals surface area (Å²) >= 11 is 5.12. The fourth-order valence-corrected chi connectivity index (χ4v) is 2.23. The number of anilines is 1. The van der Waals surface area contributed by atoms with Crippen molar-refractivity contribution in [2.75, 3.05) is 18.5 Å². The highest BCUT2D eigenvalue weighted by Gasteiger charge is 2.08. The Kier molecular flexibility index (Phi) is 4.87. The Morgan fingerprint density at radius 1 is 1.45 bits per heavy atom. The summed E-state index contributed by atoms with van der Waals surface area (Å²) in [6.07, 6.45) is 0.126. The number of hydrogen-bond donors (Lipinski definition) is 2. The van der Waals surface area contributed by atoms with Crippen molar-refractivity contribution < 1.29 is 4.74 Å². The van der Waals surface area contributed by atoms with Crippen molar-refractivity contribution in [3.05, 3.63) is 35.9 Å². The molecule has 0 spiro atoms. The Morgan fingerprint density at radius 3 is 2.90 bits per heavy atom. The summed E-state index contributed by atoms with van der Waals surface area (Å²) in [6, 6.07) is 9.72. The van der Waals surface area contributed by atoms with Crippen LogP contribution in [-0.4, -0.2) is 29.2 Å². The Labute approximate surface area is 124 Å². The molecule has 2 rings (SSSR count). The van der Waals surface area contributed by atoms with E-state index in [1.165, 1.54) is 0 Å². The zero-order valence-corrected chi connectivity index (χ0v) is 12.5. The molecule has 0 saturated heterocycles. The molecule has 106 valence electrons. The summed E-state index contributed by atoms with van der Waals surface area (Å²) in [5.41, 5.74) is 7.53. The fourth-order valence-electron chi connectivity index (χ4n) is 2.06. The predicted octanol–water partition coefficient (Wildman–Crippen LogP) is 2.71. The maximum absolute atomic E-state index is 5.80. The number of aromatic nitrogens is 1. The summed E-state index contributed by atoms with van der Waals surface area (Å²) < 4.78 is 5.49. The van der Waals surface area contributed by atoms with Crippen molar-refractivity contribution in [1.29, 1.82) is 0 Å². The number of rotatable bonds is 6. The van der Waals surface area contributed by atoms with Gasteiger partial charge in [0.2, 0.25) is 0 Å². The largest absolute Gasteiger partial charge is 0.389 e. The van der Waals surface area contributed by atoms with Crippen LogP contribution in [0.25, 0.3) is 10.9 Å². The molecule has 0 fully saturated rings. The van der Waals surface area contributed by atoms with Crippen molar-refractivity contribution in [3.8, 4) is 0 Å². The molecule has 0 bridgehead atoms. The van der Waals surface area contributed by atoms with Gasteiger partial charge in [0.05, 0.1) is 11.6 Å². The second-order valence-corrected chi connectivity index (χ2v) is 5.02. The molecule has 0 aliphatic heterocycles. The van der Waals surface area contributed by atoms with Gasteiger partial charge in [-0.3, -0.25) is 0 Å².